The fraction of sp³-hybridized carbons (Fsp3) is 0.929. The number of ether oxygens (including phenoxy) is 1. The Hall–Kier alpha value is 2.15. The first kappa shape index (κ1) is 29.1. The van der Waals surface area contributed by atoms with Gasteiger partial charge in [-0.3, -0.25) is 4.79 Å². The van der Waals surface area contributed by atoms with Gasteiger partial charge in [-0.1, -0.05) is 6.92 Å². The van der Waals surface area contributed by atoms with E-state index in [0.717, 1.165) is 36.9 Å². The first-order valence-corrected chi connectivity index (χ1v) is 17.2. The molecular formula is C14H28O5S8. The van der Waals surface area contributed by atoms with Crippen molar-refractivity contribution in [3.05, 3.63) is 0 Å². The summed E-state index contributed by atoms with van der Waals surface area (Å²) in [6.45, 7) is 2.77. The molecule has 0 aliphatic carbocycles. The Morgan fingerprint density at radius 1 is 0.778 bits per heavy atom. The number of aliphatic hydroxyl groups is 1. The molecule has 0 bridgehead atoms. The summed E-state index contributed by atoms with van der Waals surface area (Å²) >= 11 is 13.6. The Balaban J connectivity index is 3.09. The standard InChI is InChI=1S/C14H28O5S8/c1-2-20-9-25-8-19-18-3-4-21-10-26-13-27-11-22-5-14(16)17-7-24-12-23-6-15/h15H,2-13H2,1H3. The zero-order chi connectivity index (χ0) is 19.8. The maximum Gasteiger partial charge on any atom is 0.316 e. The van der Waals surface area contributed by atoms with Gasteiger partial charge in [0.05, 0.1) is 18.3 Å². The highest BCUT2D eigenvalue weighted by Crippen LogP contribution is 2.21. The Morgan fingerprint density at radius 2 is 1.44 bits per heavy atom. The van der Waals surface area contributed by atoms with Crippen LogP contribution in [0.25, 0.3) is 0 Å². The van der Waals surface area contributed by atoms with Crippen LogP contribution in [0.3, 0.4) is 0 Å². The van der Waals surface area contributed by atoms with E-state index in [1.54, 1.807) is 23.5 Å². The zero-order valence-corrected chi connectivity index (χ0v) is 21.9. The van der Waals surface area contributed by atoms with Crippen molar-refractivity contribution in [2.45, 2.75) is 6.92 Å². The predicted molar refractivity (Wildman–Crippen MR) is 135 cm³/mol. The van der Waals surface area contributed by atoms with Crippen molar-refractivity contribution in [3.8, 4) is 0 Å². The summed E-state index contributed by atoms with van der Waals surface area (Å²) in [6.07, 6.45) is 0. The van der Waals surface area contributed by atoms with E-state index in [1.807, 2.05) is 47.0 Å². The molecule has 13 heteroatoms. The molecule has 0 saturated heterocycles. The largest absolute Gasteiger partial charge is 0.454 e. The molecule has 0 rings (SSSR count). The second kappa shape index (κ2) is 26.2. The molecule has 0 saturated carbocycles. The van der Waals surface area contributed by atoms with E-state index < -0.39 is 0 Å². The molecular weight excluding hydrogens is 505 g/mol. The monoisotopic (exact) mass is 532 g/mol. The Bertz CT molecular complexity index is 317. The molecule has 1 N–H and O–H groups in total. The maximum absolute atomic E-state index is 11.5. The summed E-state index contributed by atoms with van der Waals surface area (Å²) in [4.78, 5) is 21.7. The average molecular weight is 533 g/mol. The highest BCUT2D eigenvalue weighted by molar-refractivity contribution is 8.26. The van der Waals surface area contributed by atoms with E-state index in [4.69, 9.17) is 19.6 Å². The maximum atomic E-state index is 11.5. The summed E-state index contributed by atoms with van der Waals surface area (Å²) in [7, 11) is 0. The summed E-state index contributed by atoms with van der Waals surface area (Å²) in [6, 6.07) is 0. The van der Waals surface area contributed by atoms with Gasteiger partial charge in [-0.25, -0.2) is 9.78 Å². The minimum atomic E-state index is -0.171. The van der Waals surface area contributed by atoms with Gasteiger partial charge in [0, 0.05) is 31.2 Å². The molecule has 0 fully saturated rings. The van der Waals surface area contributed by atoms with Gasteiger partial charge in [-0.15, -0.1) is 82.3 Å². The topological polar surface area (TPSA) is 65.0 Å². The molecule has 5 nitrogen and oxygen atoms in total. The zero-order valence-electron chi connectivity index (χ0n) is 15.3. The number of carbonyl (C=O) groups is 1. The third-order valence-corrected chi connectivity index (χ3v) is 10.9. The van der Waals surface area contributed by atoms with Crippen LogP contribution in [0.4, 0.5) is 0 Å². The SMILES string of the molecule is CCSCSCOOCCSCSCSCSCC(=O)OCSCSCO. The van der Waals surface area contributed by atoms with Crippen LogP contribution in [-0.2, 0) is 19.3 Å². The van der Waals surface area contributed by atoms with Gasteiger partial charge in [0.25, 0.3) is 0 Å². The molecule has 0 aromatic rings. The quantitative estimate of drug-likeness (QED) is 0.0668. The van der Waals surface area contributed by atoms with Gasteiger partial charge >= 0.3 is 5.97 Å². The number of hydrogen-bond acceptors (Lipinski definition) is 13. The Morgan fingerprint density at radius 3 is 2.22 bits per heavy atom. The summed E-state index contributed by atoms with van der Waals surface area (Å²) in [5, 5.41) is 13.3. The first-order valence-electron chi connectivity index (χ1n) is 7.94. The van der Waals surface area contributed by atoms with Crippen molar-refractivity contribution in [2.75, 3.05) is 67.1 Å². The summed E-state index contributed by atoms with van der Waals surface area (Å²) in [5.74, 6) is 3.35. The van der Waals surface area contributed by atoms with Crippen LogP contribution in [0.2, 0.25) is 0 Å². The lowest BCUT2D eigenvalue weighted by Gasteiger charge is -2.05. The third-order valence-electron chi connectivity index (χ3n) is 2.18. The fourth-order valence-electron chi connectivity index (χ4n) is 1.10. The van der Waals surface area contributed by atoms with Gasteiger partial charge in [0.1, 0.15) is 11.9 Å². The van der Waals surface area contributed by atoms with Crippen molar-refractivity contribution in [2.24, 2.45) is 0 Å². The van der Waals surface area contributed by atoms with E-state index in [2.05, 4.69) is 6.92 Å². The molecule has 0 radical (unpaired) electrons. The predicted octanol–water partition coefficient (Wildman–Crippen LogP) is 5.02. The molecule has 0 heterocycles. The van der Waals surface area contributed by atoms with E-state index in [0.29, 0.717) is 24.2 Å². The minimum absolute atomic E-state index is 0.102. The van der Waals surface area contributed by atoms with Gasteiger partial charge in [0.15, 0.2) is 0 Å². The van der Waals surface area contributed by atoms with Crippen molar-refractivity contribution >= 4 is 100 Å². The van der Waals surface area contributed by atoms with E-state index in [1.165, 1.54) is 23.5 Å². The Labute approximate surface area is 197 Å². The van der Waals surface area contributed by atoms with Crippen LogP contribution in [-0.4, -0.2) is 78.2 Å². The van der Waals surface area contributed by atoms with E-state index in [-0.39, 0.29) is 11.9 Å². The van der Waals surface area contributed by atoms with Crippen molar-refractivity contribution in [3.63, 3.8) is 0 Å². The smallest absolute Gasteiger partial charge is 0.316 e. The second-order valence-corrected chi connectivity index (χ2v) is 14.2. The number of carbonyl (C=O) groups excluding carboxylic acids is 1. The van der Waals surface area contributed by atoms with Crippen LogP contribution >= 0.6 is 94.1 Å². The molecule has 0 spiro atoms. The summed E-state index contributed by atoms with van der Waals surface area (Å²) in [5.41, 5.74) is 0. The average Bonchev–Trinajstić information content (AvgIpc) is 2.67. The van der Waals surface area contributed by atoms with Crippen LogP contribution < -0.4 is 0 Å². The van der Waals surface area contributed by atoms with Crippen molar-refractivity contribution in [1.29, 1.82) is 0 Å². The molecule has 0 unspecified atom stereocenters. The van der Waals surface area contributed by atoms with Gasteiger partial charge < -0.3 is 9.84 Å². The van der Waals surface area contributed by atoms with Gasteiger partial charge in [-0.2, -0.15) is 11.8 Å². The van der Waals surface area contributed by atoms with Crippen LogP contribution in [0.15, 0.2) is 0 Å². The van der Waals surface area contributed by atoms with Crippen LogP contribution in [0.5, 0.6) is 0 Å². The molecule has 0 atom stereocenters. The molecule has 0 aromatic carbocycles. The van der Waals surface area contributed by atoms with Crippen molar-refractivity contribution in [1.82, 2.24) is 0 Å². The molecule has 27 heavy (non-hydrogen) atoms. The number of rotatable bonds is 22. The molecule has 0 aliphatic rings. The highest BCUT2D eigenvalue weighted by Gasteiger charge is 2.03. The number of thioether (sulfide) groups is 8. The third kappa shape index (κ3) is 26.1. The van der Waals surface area contributed by atoms with E-state index in [9.17, 15) is 4.79 Å². The second-order valence-electron chi connectivity index (χ2n) is 4.18. The molecule has 162 valence electrons. The number of hydrogen-bond donors (Lipinski definition) is 1. The number of esters is 1. The van der Waals surface area contributed by atoms with Gasteiger partial charge in [0.2, 0.25) is 0 Å². The molecule has 0 aliphatic heterocycles. The first-order chi connectivity index (χ1) is 13.3. The minimum Gasteiger partial charge on any atom is -0.454 e. The lowest BCUT2D eigenvalue weighted by molar-refractivity contribution is -0.274. The van der Waals surface area contributed by atoms with Gasteiger partial charge in [-0.05, 0) is 5.75 Å². The lowest BCUT2D eigenvalue weighted by Crippen LogP contribution is -2.07. The van der Waals surface area contributed by atoms with Crippen molar-refractivity contribution < 1.29 is 24.4 Å². The Kier molecular flexibility index (Phi) is 28.3. The van der Waals surface area contributed by atoms with E-state index >= 15 is 0 Å². The lowest BCUT2D eigenvalue weighted by atomic mass is 10.8. The molecule has 0 amide bonds. The molecule has 0 aromatic heterocycles. The highest BCUT2D eigenvalue weighted by atomic mass is 32.2. The van der Waals surface area contributed by atoms with Crippen LogP contribution in [0, 0.1) is 0 Å². The number of aliphatic hydroxyl groups excluding tert-OH is 1. The fourth-order valence-corrected chi connectivity index (χ4v) is 8.33. The summed E-state index contributed by atoms with van der Waals surface area (Å²) < 4.78 is 5.08. The normalized spacial score (nSPS) is 11.0. The van der Waals surface area contributed by atoms with Crippen LogP contribution in [0.1, 0.15) is 6.92 Å².